The summed E-state index contributed by atoms with van der Waals surface area (Å²) in [7, 11) is 0. The van der Waals surface area contributed by atoms with Crippen LogP contribution in [0.3, 0.4) is 0 Å². The van der Waals surface area contributed by atoms with Gasteiger partial charge in [-0.15, -0.1) is 0 Å². The summed E-state index contributed by atoms with van der Waals surface area (Å²) in [6.45, 7) is 3.67. The Balaban J connectivity index is 1.36. The number of aromatic nitrogens is 2. The topological polar surface area (TPSA) is 77.5 Å². The SMILES string of the molecule is CCOc1ccc(NC(=S)Nc2ccc3nc4cc5c(cc4nc3c2)OCCO5)cc1. The fraction of sp³-hybridized carbons (Fsp3) is 0.174. The molecule has 0 spiro atoms. The number of ether oxygens (including phenoxy) is 3. The molecule has 0 fully saturated rings. The molecule has 31 heavy (non-hydrogen) atoms. The molecule has 1 aliphatic rings. The van der Waals surface area contributed by atoms with Crippen LogP contribution < -0.4 is 24.8 Å². The predicted molar refractivity (Wildman–Crippen MR) is 125 cm³/mol. The molecule has 2 heterocycles. The molecule has 1 aliphatic heterocycles. The van der Waals surface area contributed by atoms with Crippen LogP contribution in [0.4, 0.5) is 11.4 Å². The molecule has 0 radical (unpaired) electrons. The van der Waals surface area contributed by atoms with Crippen LogP contribution in [0.15, 0.2) is 54.6 Å². The minimum Gasteiger partial charge on any atom is -0.494 e. The van der Waals surface area contributed by atoms with E-state index in [-0.39, 0.29) is 0 Å². The van der Waals surface area contributed by atoms with Crippen LogP contribution in [-0.4, -0.2) is 34.9 Å². The summed E-state index contributed by atoms with van der Waals surface area (Å²) in [6, 6.07) is 17.1. The van der Waals surface area contributed by atoms with Crippen molar-refractivity contribution in [3.8, 4) is 17.2 Å². The molecular weight excluding hydrogens is 412 g/mol. The molecule has 0 aliphatic carbocycles. The van der Waals surface area contributed by atoms with E-state index < -0.39 is 0 Å². The van der Waals surface area contributed by atoms with Crippen molar-refractivity contribution in [2.75, 3.05) is 30.5 Å². The van der Waals surface area contributed by atoms with Gasteiger partial charge < -0.3 is 24.8 Å². The fourth-order valence-electron chi connectivity index (χ4n) is 3.39. The molecule has 0 atom stereocenters. The number of nitrogens with zero attached hydrogens (tertiary/aromatic N) is 2. The molecule has 156 valence electrons. The van der Waals surface area contributed by atoms with Crippen LogP contribution in [-0.2, 0) is 0 Å². The Morgan fingerprint density at radius 2 is 1.42 bits per heavy atom. The zero-order valence-corrected chi connectivity index (χ0v) is 17.7. The highest BCUT2D eigenvalue weighted by molar-refractivity contribution is 7.80. The van der Waals surface area contributed by atoms with Crippen LogP contribution in [0, 0.1) is 0 Å². The molecule has 2 N–H and O–H groups in total. The van der Waals surface area contributed by atoms with E-state index in [4.69, 9.17) is 36.4 Å². The van der Waals surface area contributed by atoms with E-state index in [1.165, 1.54) is 0 Å². The van der Waals surface area contributed by atoms with E-state index in [1.54, 1.807) is 0 Å². The lowest BCUT2D eigenvalue weighted by Gasteiger charge is -2.18. The van der Waals surface area contributed by atoms with Crippen molar-refractivity contribution in [1.29, 1.82) is 0 Å². The number of benzene rings is 3. The smallest absolute Gasteiger partial charge is 0.175 e. The second-order valence-corrected chi connectivity index (χ2v) is 7.36. The van der Waals surface area contributed by atoms with E-state index in [0.29, 0.717) is 36.4 Å². The first-order chi connectivity index (χ1) is 15.2. The van der Waals surface area contributed by atoms with Crippen LogP contribution in [0.25, 0.3) is 22.1 Å². The third-order valence-corrected chi connectivity index (χ3v) is 4.98. The lowest BCUT2D eigenvalue weighted by Crippen LogP contribution is -2.19. The number of thiocarbonyl (C=S) groups is 1. The van der Waals surface area contributed by atoms with Crippen LogP contribution >= 0.6 is 12.2 Å². The maximum absolute atomic E-state index is 5.66. The zero-order chi connectivity index (χ0) is 21.2. The van der Waals surface area contributed by atoms with Gasteiger partial charge in [-0.25, -0.2) is 9.97 Å². The summed E-state index contributed by atoms with van der Waals surface area (Å²) in [6.07, 6.45) is 0. The van der Waals surface area contributed by atoms with Crippen molar-refractivity contribution < 1.29 is 14.2 Å². The van der Waals surface area contributed by atoms with Gasteiger partial charge in [-0.3, -0.25) is 0 Å². The number of nitrogens with one attached hydrogen (secondary N) is 2. The second-order valence-electron chi connectivity index (χ2n) is 6.95. The molecule has 1 aromatic heterocycles. The highest BCUT2D eigenvalue weighted by Crippen LogP contribution is 2.34. The van der Waals surface area contributed by atoms with Gasteiger partial charge in [0, 0.05) is 23.5 Å². The van der Waals surface area contributed by atoms with Gasteiger partial charge in [0.2, 0.25) is 0 Å². The summed E-state index contributed by atoms with van der Waals surface area (Å²) >= 11 is 5.45. The number of anilines is 2. The average molecular weight is 433 g/mol. The van der Waals surface area contributed by atoms with Gasteiger partial charge in [-0.1, -0.05) is 0 Å². The Morgan fingerprint density at radius 1 is 0.839 bits per heavy atom. The van der Waals surface area contributed by atoms with Gasteiger partial charge in [0.05, 0.1) is 28.7 Å². The summed E-state index contributed by atoms with van der Waals surface area (Å²) in [4.78, 5) is 9.46. The number of hydrogen-bond acceptors (Lipinski definition) is 6. The van der Waals surface area contributed by atoms with Gasteiger partial charge in [-0.05, 0) is 61.6 Å². The average Bonchev–Trinajstić information content (AvgIpc) is 2.78. The van der Waals surface area contributed by atoms with Crippen LogP contribution in [0.1, 0.15) is 6.92 Å². The number of fused-ring (bicyclic) bond motifs is 3. The predicted octanol–water partition coefficient (Wildman–Crippen LogP) is 4.76. The van der Waals surface area contributed by atoms with Crippen LogP contribution in [0.2, 0.25) is 0 Å². The molecule has 0 unspecified atom stereocenters. The quantitative estimate of drug-likeness (QED) is 0.353. The monoisotopic (exact) mass is 432 g/mol. The maximum atomic E-state index is 5.66. The molecule has 7 nitrogen and oxygen atoms in total. The van der Waals surface area contributed by atoms with E-state index in [0.717, 1.165) is 39.2 Å². The first-order valence-electron chi connectivity index (χ1n) is 10.00. The summed E-state index contributed by atoms with van der Waals surface area (Å²) in [5.41, 5.74) is 4.77. The van der Waals surface area contributed by atoms with Crippen molar-refractivity contribution in [2.24, 2.45) is 0 Å². The summed E-state index contributed by atoms with van der Waals surface area (Å²) in [5, 5.41) is 6.85. The molecule has 0 bridgehead atoms. The van der Waals surface area contributed by atoms with Crippen molar-refractivity contribution in [1.82, 2.24) is 9.97 Å². The third-order valence-electron chi connectivity index (χ3n) is 4.78. The lowest BCUT2D eigenvalue weighted by molar-refractivity contribution is 0.172. The Labute approximate surface area is 184 Å². The van der Waals surface area contributed by atoms with Crippen molar-refractivity contribution in [3.63, 3.8) is 0 Å². The van der Waals surface area contributed by atoms with Gasteiger partial charge in [0.25, 0.3) is 0 Å². The Kier molecular flexibility index (Phi) is 5.13. The lowest BCUT2D eigenvalue weighted by atomic mass is 10.2. The first kappa shape index (κ1) is 19.3. The minimum absolute atomic E-state index is 0.483. The molecule has 4 aromatic rings. The molecular formula is C23H20N4O3S. The van der Waals surface area contributed by atoms with Crippen LogP contribution in [0.5, 0.6) is 17.2 Å². The first-order valence-corrected chi connectivity index (χ1v) is 10.4. The highest BCUT2D eigenvalue weighted by Gasteiger charge is 2.14. The minimum atomic E-state index is 0.483. The Morgan fingerprint density at radius 3 is 2.10 bits per heavy atom. The standard InChI is InChI=1S/C23H20N4O3S/c1-2-28-16-6-3-14(4-7-16)24-23(31)25-15-5-8-17-18(11-15)27-20-13-22-21(12-19(20)26-17)29-9-10-30-22/h3-8,11-13H,2,9-10H2,1H3,(H2,24,25,31). The van der Waals surface area contributed by atoms with Gasteiger partial charge in [-0.2, -0.15) is 0 Å². The number of rotatable bonds is 4. The largest absolute Gasteiger partial charge is 0.494 e. The number of hydrogen-bond donors (Lipinski definition) is 2. The molecule has 5 rings (SSSR count). The fourth-order valence-corrected chi connectivity index (χ4v) is 3.62. The van der Waals surface area contributed by atoms with E-state index in [2.05, 4.69) is 10.6 Å². The Bertz CT molecular complexity index is 1280. The third kappa shape index (κ3) is 4.15. The molecule has 3 aromatic carbocycles. The van der Waals surface area contributed by atoms with Crippen molar-refractivity contribution in [3.05, 3.63) is 54.6 Å². The molecule has 0 amide bonds. The van der Waals surface area contributed by atoms with E-state index >= 15 is 0 Å². The van der Waals surface area contributed by atoms with Gasteiger partial charge >= 0.3 is 0 Å². The van der Waals surface area contributed by atoms with E-state index in [9.17, 15) is 0 Å². The molecule has 0 saturated heterocycles. The molecule has 8 heteroatoms. The normalized spacial score (nSPS) is 12.5. The molecule has 0 saturated carbocycles. The highest BCUT2D eigenvalue weighted by atomic mass is 32.1. The summed E-state index contributed by atoms with van der Waals surface area (Å²) < 4.78 is 16.8. The van der Waals surface area contributed by atoms with Crippen molar-refractivity contribution >= 4 is 50.8 Å². The second kappa shape index (κ2) is 8.23. The zero-order valence-electron chi connectivity index (χ0n) is 16.8. The van der Waals surface area contributed by atoms with Gasteiger partial charge in [0.15, 0.2) is 16.6 Å². The Hall–Kier alpha value is -3.65. The summed E-state index contributed by atoms with van der Waals surface area (Å²) in [5.74, 6) is 2.23. The van der Waals surface area contributed by atoms with Gasteiger partial charge in [0.1, 0.15) is 19.0 Å². The maximum Gasteiger partial charge on any atom is 0.175 e. The van der Waals surface area contributed by atoms with E-state index in [1.807, 2.05) is 61.5 Å². The van der Waals surface area contributed by atoms with Crippen molar-refractivity contribution in [2.45, 2.75) is 6.92 Å².